The molecule has 3 aromatic rings. The maximum Gasteiger partial charge on any atom is 0.352 e. The predicted octanol–water partition coefficient (Wildman–Crippen LogP) is 3.19. The number of thioether (sulfide) groups is 1. The number of benzene rings is 1. The van der Waals surface area contributed by atoms with E-state index < -0.39 is 18.0 Å². The Balaban J connectivity index is 1.45. The van der Waals surface area contributed by atoms with Crippen LogP contribution in [0, 0.1) is 11.8 Å². The first-order chi connectivity index (χ1) is 18.6. The molecule has 0 radical (unpaired) electrons. The lowest BCUT2D eigenvalue weighted by atomic mass is 9.77. The van der Waals surface area contributed by atoms with Gasteiger partial charge in [-0.1, -0.05) is 42.2 Å². The smallest absolute Gasteiger partial charge is 0.352 e. The van der Waals surface area contributed by atoms with Crippen LogP contribution in [0.2, 0.25) is 0 Å². The molecule has 4 atom stereocenters. The van der Waals surface area contributed by atoms with E-state index in [0.29, 0.717) is 30.8 Å². The number of carbonyl (C=O) groups is 3. The fourth-order valence-corrected chi connectivity index (χ4v) is 8.09. The molecular formula is C28H33N4O5S2+. The molecule has 2 aliphatic rings. The highest BCUT2D eigenvalue weighted by molar-refractivity contribution is 7.98. The van der Waals surface area contributed by atoms with Gasteiger partial charge in [0, 0.05) is 30.1 Å². The summed E-state index contributed by atoms with van der Waals surface area (Å²) >= 11 is 3.12. The number of thiazole rings is 1. The third kappa shape index (κ3) is 4.36. The van der Waals surface area contributed by atoms with Crippen LogP contribution in [0.15, 0.2) is 47.5 Å². The standard InChI is InChI=1S/C28H32N4O5S2/c1-6-29(7-2)24(34)18-10-8-17(9-11-18)12-30-14-31-13-19(39-27(31)26(30)38-5)20-15(3)22-21(16(4)33)25(35)32(22)23(20)28(36)37/h8-11,13-16,21-22,33H,6-7,12H2,1-5H3/p+1/t15-,16+,21+,22+/m0/s1. The Labute approximate surface area is 235 Å². The Hall–Kier alpha value is -3.15. The van der Waals surface area contributed by atoms with Crippen LogP contribution in [0.1, 0.15) is 48.5 Å². The van der Waals surface area contributed by atoms with Crippen molar-refractivity contribution in [2.75, 3.05) is 19.3 Å². The van der Waals surface area contributed by atoms with Crippen LogP contribution in [-0.2, 0) is 16.1 Å². The molecule has 5 rings (SSSR count). The number of fused-ring (bicyclic) bond motifs is 2. The number of aliphatic hydroxyl groups is 1. The lowest BCUT2D eigenvalue weighted by Gasteiger charge is -2.46. The number of imidazole rings is 1. The van der Waals surface area contributed by atoms with Crippen molar-refractivity contribution < 1.29 is 29.2 Å². The second-order valence-corrected chi connectivity index (χ2v) is 11.9. The molecule has 0 saturated carbocycles. The van der Waals surface area contributed by atoms with Gasteiger partial charge in [0.25, 0.3) is 12.2 Å². The van der Waals surface area contributed by atoms with E-state index in [1.165, 1.54) is 16.2 Å². The summed E-state index contributed by atoms with van der Waals surface area (Å²) in [5.41, 5.74) is 2.41. The molecule has 2 aliphatic heterocycles. The number of nitrogens with zero attached hydrogens (tertiary/aromatic N) is 4. The Bertz CT molecular complexity index is 1490. The predicted molar refractivity (Wildman–Crippen MR) is 150 cm³/mol. The number of carboxylic acid groups (broad SMARTS) is 1. The molecule has 0 spiro atoms. The summed E-state index contributed by atoms with van der Waals surface area (Å²) in [6.45, 7) is 9.44. The number of rotatable bonds is 9. The fraction of sp³-hybridized carbons (Fsp3) is 0.429. The summed E-state index contributed by atoms with van der Waals surface area (Å²) < 4.78 is 4.15. The summed E-state index contributed by atoms with van der Waals surface area (Å²) in [4.78, 5) is 42.6. The number of β-lactam (4-membered cyclic amide) rings is 1. The Morgan fingerprint density at radius 3 is 2.44 bits per heavy atom. The number of carbonyl (C=O) groups excluding carboxylic acids is 2. The third-order valence-corrected chi connectivity index (χ3v) is 9.93. The van der Waals surface area contributed by atoms with Gasteiger partial charge in [0.1, 0.15) is 18.4 Å². The average molecular weight is 570 g/mol. The van der Waals surface area contributed by atoms with E-state index in [9.17, 15) is 24.6 Å². The molecule has 0 unspecified atom stereocenters. The number of hydrogen-bond donors (Lipinski definition) is 2. The normalized spacial score (nSPS) is 21.3. The van der Waals surface area contributed by atoms with Gasteiger partial charge in [0.2, 0.25) is 15.8 Å². The number of amides is 2. The highest BCUT2D eigenvalue weighted by Gasteiger charge is 2.60. The summed E-state index contributed by atoms with van der Waals surface area (Å²) in [5.74, 6) is -2.22. The van der Waals surface area contributed by atoms with Gasteiger partial charge in [-0.25, -0.2) is 9.36 Å². The molecular weight excluding hydrogens is 536 g/mol. The summed E-state index contributed by atoms with van der Waals surface area (Å²) in [6.07, 6.45) is 5.11. The number of aromatic nitrogens is 2. The molecule has 0 aliphatic carbocycles. The van der Waals surface area contributed by atoms with Crippen molar-refractivity contribution in [1.82, 2.24) is 14.2 Å². The van der Waals surface area contributed by atoms with Gasteiger partial charge in [-0.3, -0.25) is 9.59 Å². The number of carboxylic acids is 1. The minimum Gasteiger partial charge on any atom is -0.477 e. The first kappa shape index (κ1) is 27.4. The van der Waals surface area contributed by atoms with E-state index in [2.05, 4.69) is 4.57 Å². The second-order valence-electron chi connectivity index (χ2n) is 10.1. The van der Waals surface area contributed by atoms with Crippen molar-refractivity contribution >= 4 is 51.3 Å². The molecule has 2 aromatic heterocycles. The first-order valence-corrected chi connectivity index (χ1v) is 15.1. The molecule has 0 bridgehead atoms. The van der Waals surface area contributed by atoms with Crippen molar-refractivity contribution in [2.24, 2.45) is 11.8 Å². The third-order valence-electron chi connectivity index (χ3n) is 7.84. The van der Waals surface area contributed by atoms with E-state index >= 15 is 0 Å². The second kappa shape index (κ2) is 10.4. The highest BCUT2D eigenvalue weighted by Crippen LogP contribution is 2.51. The summed E-state index contributed by atoms with van der Waals surface area (Å²) in [6, 6.07) is 7.36. The largest absolute Gasteiger partial charge is 0.477 e. The maximum absolute atomic E-state index is 12.7. The van der Waals surface area contributed by atoms with Crippen LogP contribution in [-0.4, -0.2) is 73.7 Å². The van der Waals surface area contributed by atoms with Crippen LogP contribution in [0.25, 0.3) is 10.4 Å². The molecule has 11 heteroatoms. The molecule has 2 amide bonds. The van der Waals surface area contributed by atoms with Crippen molar-refractivity contribution in [3.8, 4) is 0 Å². The van der Waals surface area contributed by atoms with E-state index in [1.54, 1.807) is 23.6 Å². The molecule has 1 saturated heterocycles. The Morgan fingerprint density at radius 1 is 1.21 bits per heavy atom. The van der Waals surface area contributed by atoms with Gasteiger partial charge in [0.05, 0.1) is 22.9 Å². The maximum atomic E-state index is 12.7. The minimum atomic E-state index is -1.13. The van der Waals surface area contributed by atoms with Crippen LogP contribution < -0.4 is 4.57 Å². The number of hydrogen-bond acceptors (Lipinski definition) is 6. The van der Waals surface area contributed by atoms with Gasteiger partial charge >= 0.3 is 5.97 Å². The first-order valence-electron chi connectivity index (χ1n) is 13.1. The van der Waals surface area contributed by atoms with Crippen molar-refractivity contribution in [1.29, 1.82) is 0 Å². The highest BCUT2D eigenvalue weighted by atomic mass is 32.2. The van der Waals surface area contributed by atoms with Crippen molar-refractivity contribution in [2.45, 2.75) is 51.4 Å². The number of aliphatic carboxylic acids is 1. The van der Waals surface area contributed by atoms with Gasteiger partial charge in [-0.15, -0.1) is 0 Å². The topological polar surface area (TPSA) is 106 Å². The SMILES string of the molecule is CCN(CC)C(=O)c1ccc(C[n+]2cn3cc(C4=C(C(=O)O)N5C(=O)[C@H]([C@@H](C)O)[C@H]5[C@H]4C)sc3c2SC)cc1. The number of aliphatic hydroxyl groups excluding tert-OH is 1. The monoisotopic (exact) mass is 569 g/mol. The summed E-state index contributed by atoms with van der Waals surface area (Å²) in [7, 11) is 0. The zero-order valence-corrected chi connectivity index (χ0v) is 24.3. The van der Waals surface area contributed by atoms with Gasteiger partial charge in [-0.2, -0.15) is 4.40 Å². The average Bonchev–Trinajstić information content (AvgIpc) is 3.51. The molecule has 9 nitrogen and oxygen atoms in total. The molecule has 2 N–H and O–H groups in total. The Kier molecular flexibility index (Phi) is 7.34. The van der Waals surface area contributed by atoms with Crippen molar-refractivity contribution in [3.63, 3.8) is 0 Å². The van der Waals surface area contributed by atoms with Gasteiger partial charge in [0.15, 0.2) is 0 Å². The zero-order chi connectivity index (χ0) is 28.2. The quantitative estimate of drug-likeness (QED) is 0.233. The lowest BCUT2D eigenvalue weighted by Crippen LogP contribution is -2.63. The lowest BCUT2D eigenvalue weighted by molar-refractivity contribution is -0.721. The molecule has 1 fully saturated rings. The summed E-state index contributed by atoms with van der Waals surface area (Å²) in [5, 5.41) is 21.2. The molecule has 1 aromatic carbocycles. The van der Waals surface area contributed by atoms with Crippen LogP contribution in [0.4, 0.5) is 0 Å². The van der Waals surface area contributed by atoms with Crippen molar-refractivity contribution in [3.05, 3.63) is 58.5 Å². The van der Waals surface area contributed by atoms with Gasteiger partial charge < -0.3 is 20.0 Å². The van der Waals surface area contributed by atoms with E-state index in [0.717, 1.165) is 20.3 Å². The zero-order valence-electron chi connectivity index (χ0n) is 22.6. The van der Waals surface area contributed by atoms with E-state index in [1.807, 2.05) is 68.2 Å². The molecule has 39 heavy (non-hydrogen) atoms. The molecule has 206 valence electrons. The minimum absolute atomic E-state index is 0.0248. The fourth-order valence-electron chi connectivity index (χ4n) is 5.91. The van der Waals surface area contributed by atoms with Crippen LogP contribution in [0.3, 0.4) is 0 Å². The van der Waals surface area contributed by atoms with E-state index in [4.69, 9.17) is 0 Å². The van der Waals surface area contributed by atoms with Gasteiger partial charge in [-0.05, 0) is 44.7 Å². The van der Waals surface area contributed by atoms with Crippen LogP contribution >= 0.6 is 23.1 Å². The van der Waals surface area contributed by atoms with Crippen LogP contribution in [0.5, 0.6) is 0 Å². The van der Waals surface area contributed by atoms with E-state index in [-0.39, 0.29) is 29.5 Å². The Morgan fingerprint density at radius 2 is 1.87 bits per heavy atom. The molecule has 4 heterocycles.